The van der Waals surface area contributed by atoms with E-state index in [4.69, 9.17) is 14.5 Å². The zero-order chi connectivity index (χ0) is 21.0. The highest BCUT2D eigenvalue weighted by Crippen LogP contribution is 2.21. The highest BCUT2D eigenvalue weighted by Gasteiger charge is 2.17. The van der Waals surface area contributed by atoms with Crippen LogP contribution < -0.4 is 15.5 Å². The Morgan fingerprint density at radius 3 is 2.83 bits per heavy atom. The van der Waals surface area contributed by atoms with E-state index in [9.17, 15) is 0 Å². The molecule has 0 saturated carbocycles. The van der Waals surface area contributed by atoms with E-state index in [1.165, 1.54) is 12.8 Å². The van der Waals surface area contributed by atoms with Gasteiger partial charge >= 0.3 is 0 Å². The van der Waals surface area contributed by atoms with Gasteiger partial charge in [0.25, 0.3) is 0 Å². The summed E-state index contributed by atoms with van der Waals surface area (Å²) in [5.74, 6) is 3.34. The summed E-state index contributed by atoms with van der Waals surface area (Å²) in [6.45, 7) is 12.3. The van der Waals surface area contributed by atoms with Crippen LogP contribution in [0.15, 0.2) is 23.3 Å². The van der Waals surface area contributed by atoms with Crippen LogP contribution in [0.5, 0.6) is 0 Å². The fraction of sp³-hybridized carbons (Fsp3) is 0.739. The van der Waals surface area contributed by atoms with Crippen molar-refractivity contribution in [2.75, 3.05) is 57.5 Å². The summed E-state index contributed by atoms with van der Waals surface area (Å²) >= 11 is 0. The number of nitrogens with one attached hydrogen (secondary N) is 2. The Bertz CT molecular complexity index is 623. The fourth-order valence-corrected chi connectivity index (χ4v) is 3.79. The molecule has 168 valence electrons. The predicted octanol–water partition coefficient (Wildman–Crippen LogP) is 2.82. The molecular formula is C23H39N5O2. The summed E-state index contributed by atoms with van der Waals surface area (Å²) in [5, 5.41) is 6.70. The molecule has 2 N–H and O–H groups in total. The SMILES string of the molecule is CCNC(=NCc1ccc(N2CCC(C)CC2)nc1)NCCCOCC1CCOC1. The largest absolute Gasteiger partial charge is 0.381 e. The quantitative estimate of drug-likeness (QED) is 0.347. The Kier molecular flexibility index (Phi) is 9.70. The molecule has 0 aliphatic carbocycles. The number of anilines is 1. The zero-order valence-corrected chi connectivity index (χ0v) is 18.7. The van der Waals surface area contributed by atoms with Crippen molar-refractivity contribution in [2.45, 2.75) is 46.1 Å². The van der Waals surface area contributed by atoms with E-state index < -0.39 is 0 Å². The van der Waals surface area contributed by atoms with E-state index in [2.05, 4.69) is 46.5 Å². The molecule has 7 heteroatoms. The third-order valence-electron chi connectivity index (χ3n) is 5.82. The Hall–Kier alpha value is -1.86. The van der Waals surface area contributed by atoms with Crippen molar-refractivity contribution in [1.82, 2.24) is 15.6 Å². The lowest BCUT2D eigenvalue weighted by molar-refractivity contribution is 0.0888. The van der Waals surface area contributed by atoms with Gasteiger partial charge in [0.2, 0.25) is 0 Å². The van der Waals surface area contributed by atoms with Gasteiger partial charge in [-0.25, -0.2) is 9.98 Å². The standard InChI is InChI=1S/C23H39N5O2/c1-3-24-23(25-10-4-13-29-17-21-9-14-30-18-21)27-16-20-5-6-22(26-15-20)28-11-7-19(2)8-12-28/h5-6,15,19,21H,3-4,7-14,16-18H2,1-2H3,(H2,24,25,27). The van der Waals surface area contributed by atoms with Crippen LogP contribution in [-0.2, 0) is 16.0 Å². The van der Waals surface area contributed by atoms with Gasteiger partial charge in [0, 0.05) is 51.5 Å². The number of piperidine rings is 1. The molecule has 3 heterocycles. The minimum atomic E-state index is 0.579. The first-order valence-electron chi connectivity index (χ1n) is 11.6. The number of hydrogen-bond acceptors (Lipinski definition) is 5. The average Bonchev–Trinajstić information content (AvgIpc) is 3.29. The third kappa shape index (κ3) is 7.76. The van der Waals surface area contributed by atoms with Crippen molar-refractivity contribution in [3.8, 4) is 0 Å². The second kappa shape index (κ2) is 12.7. The molecule has 1 aromatic rings. The van der Waals surface area contributed by atoms with Crippen LogP contribution in [-0.4, -0.2) is 63.6 Å². The Balaban J connectivity index is 1.36. The minimum absolute atomic E-state index is 0.579. The topological polar surface area (TPSA) is 71.0 Å². The maximum atomic E-state index is 5.76. The van der Waals surface area contributed by atoms with Crippen molar-refractivity contribution >= 4 is 11.8 Å². The summed E-state index contributed by atoms with van der Waals surface area (Å²) in [6, 6.07) is 4.28. The highest BCUT2D eigenvalue weighted by molar-refractivity contribution is 5.79. The van der Waals surface area contributed by atoms with E-state index in [0.29, 0.717) is 12.5 Å². The van der Waals surface area contributed by atoms with Crippen molar-refractivity contribution < 1.29 is 9.47 Å². The predicted molar refractivity (Wildman–Crippen MR) is 122 cm³/mol. The van der Waals surface area contributed by atoms with Gasteiger partial charge in [-0.05, 0) is 50.2 Å². The highest BCUT2D eigenvalue weighted by atomic mass is 16.5. The van der Waals surface area contributed by atoms with Crippen LogP contribution in [0.25, 0.3) is 0 Å². The van der Waals surface area contributed by atoms with Gasteiger partial charge in [0.05, 0.1) is 19.8 Å². The van der Waals surface area contributed by atoms with Crippen LogP contribution in [0.4, 0.5) is 5.82 Å². The van der Waals surface area contributed by atoms with Gasteiger partial charge in [-0.2, -0.15) is 0 Å². The smallest absolute Gasteiger partial charge is 0.191 e. The van der Waals surface area contributed by atoms with Crippen molar-refractivity contribution in [1.29, 1.82) is 0 Å². The number of nitrogens with zero attached hydrogens (tertiary/aromatic N) is 3. The number of aliphatic imine (C=N–C) groups is 1. The van der Waals surface area contributed by atoms with Crippen LogP contribution in [0.1, 0.15) is 45.1 Å². The molecule has 2 aliphatic rings. The normalized spacial score (nSPS) is 20.5. The number of aromatic nitrogens is 1. The van der Waals surface area contributed by atoms with Crippen molar-refractivity contribution in [2.24, 2.45) is 16.8 Å². The lowest BCUT2D eigenvalue weighted by atomic mass is 9.99. The molecule has 2 aliphatic heterocycles. The van der Waals surface area contributed by atoms with Gasteiger partial charge in [0.15, 0.2) is 5.96 Å². The first kappa shape index (κ1) is 22.8. The molecule has 3 rings (SSSR count). The van der Waals surface area contributed by atoms with Gasteiger partial charge < -0.3 is 25.0 Å². The monoisotopic (exact) mass is 417 g/mol. The number of rotatable bonds is 10. The first-order chi connectivity index (χ1) is 14.7. The number of guanidine groups is 1. The van der Waals surface area contributed by atoms with E-state index in [0.717, 1.165) is 88.7 Å². The molecule has 30 heavy (non-hydrogen) atoms. The molecule has 1 unspecified atom stereocenters. The zero-order valence-electron chi connectivity index (χ0n) is 18.7. The molecule has 1 aromatic heterocycles. The van der Waals surface area contributed by atoms with Crippen molar-refractivity contribution in [3.63, 3.8) is 0 Å². The van der Waals surface area contributed by atoms with Crippen LogP contribution >= 0.6 is 0 Å². The van der Waals surface area contributed by atoms with Gasteiger partial charge in [-0.15, -0.1) is 0 Å². The summed E-state index contributed by atoms with van der Waals surface area (Å²) < 4.78 is 11.1. The van der Waals surface area contributed by atoms with Crippen LogP contribution in [0.3, 0.4) is 0 Å². The number of pyridine rings is 1. The Morgan fingerprint density at radius 2 is 2.13 bits per heavy atom. The molecular weight excluding hydrogens is 378 g/mol. The first-order valence-corrected chi connectivity index (χ1v) is 11.6. The maximum absolute atomic E-state index is 5.76. The van der Waals surface area contributed by atoms with E-state index in [1.807, 2.05) is 6.20 Å². The van der Waals surface area contributed by atoms with Crippen LogP contribution in [0.2, 0.25) is 0 Å². The summed E-state index contributed by atoms with van der Waals surface area (Å²) in [4.78, 5) is 11.8. The molecule has 0 radical (unpaired) electrons. The lowest BCUT2D eigenvalue weighted by Crippen LogP contribution is -2.38. The van der Waals surface area contributed by atoms with Gasteiger partial charge in [0.1, 0.15) is 5.82 Å². The molecule has 1 atom stereocenters. The van der Waals surface area contributed by atoms with E-state index in [1.54, 1.807) is 0 Å². The molecule has 0 aromatic carbocycles. The molecule has 0 amide bonds. The van der Waals surface area contributed by atoms with Gasteiger partial charge in [-0.3, -0.25) is 0 Å². The number of hydrogen-bond donors (Lipinski definition) is 2. The lowest BCUT2D eigenvalue weighted by Gasteiger charge is -2.31. The summed E-state index contributed by atoms with van der Waals surface area (Å²) in [7, 11) is 0. The Morgan fingerprint density at radius 1 is 1.27 bits per heavy atom. The maximum Gasteiger partial charge on any atom is 0.191 e. The molecule has 0 spiro atoms. The number of ether oxygens (including phenoxy) is 2. The second-order valence-corrected chi connectivity index (χ2v) is 8.47. The van der Waals surface area contributed by atoms with Gasteiger partial charge in [-0.1, -0.05) is 13.0 Å². The third-order valence-corrected chi connectivity index (χ3v) is 5.82. The molecule has 2 fully saturated rings. The fourth-order valence-electron chi connectivity index (χ4n) is 3.79. The summed E-state index contributed by atoms with van der Waals surface area (Å²) in [5.41, 5.74) is 1.13. The average molecular weight is 418 g/mol. The molecule has 0 bridgehead atoms. The molecule has 2 saturated heterocycles. The summed E-state index contributed by atoms with van der Waals surface area (Å²) in [6.07, 6.45) is 6.56. The van der Waals surface area contributed by atoms with E-state index >= 15 is 0 Å². The second-order valence-electron chi connectivity index (χ2n) is 8.47. The van der Waals surface area contributed by atoms with Crippen LogP contribution in [0, 0.1) is 11.8 Å². The van der Waals surface area contributed by atoms with Crippen molar-refractivity contribution in [3.05, 3.63) is 23.9 Å². The van der Waals surface area contributed by atoms with E-state index in [-0.39, 0.29) is 0 Å². The minimum Gasteiger partial charge on any atom is -0.381 e. The Labute approximate surface area is 181 Å². The molecule has 7 nitrogen and oxygen atoms in total.